The summed E-state index contributed by atoms with van der Waals surface area (Å²) in [6, 6.07) is 8.09. The van der Waals surface area contributed by atoms with Gasteiger partial charge in [0, 0.05) is 12.0 Å². The van der Waals surface area contributed by atoms with Gasteiger partial charge in [0.25, 0.3) is 0 Å². The zero-order valence-electron chi connectivity index (χ0n) is 8.89. The first-order valence-electron chi connectivity index (χ1n) is 5.30. The van der Waals surface area contributed by atoms with Crippen molar-refractivity contribution in [2.24, 2.45) is 0 Å². The highest BCUT2D eigenvalue weighted by molar-refractivity contribution is 5.46. The highest BCUT2D eigenvalue weighted by Gasteiger charge is 2.20. The predicted molar refractivity (Wildman–Crippen MR) is 61.7 cm³/mol. The van der Waals surface area contributed by atoms with Crippen molar-refractivity contribution in [3.8, 4) is 11.6 Å². The summed E-state index contributed by atoms with van der Waals surface area (Å²) in [6.07, 6.45) is 4.58. The molecule has 0 saturated heterocycles. The topological polar surface area (TPSA) is 27.1 Å². The van der Waals surface area contributed by atoms with Crippen molar-refractivity contribution >= 4 is 0 Å². The maximum Gasteiger partial charge on any atom is 0.221 e. The van der Waals surface area contributed by atoms with Gasteiger partial charge in [0.1, 0.15) is 5.75 Å². The molecule has 80 valence electrons. The van der Waals surface area contributed by atoms with Gasteiger partial charge in [0.2, 0.25) is 5.88 Å². The lowest BCUT2D eigenvalue weighted by molar-refractivity contribution is 0.406. The van der Waals surface area contributed by atoms with Gasteiger partial charge in [-0.05, 0) is 11.6 Å². The third-order valence-corrected chi connectivity index (χ3v) is 2.72. The van der Waals surface area contributed by atoms with Gasteiger partial charge in [0.15, 0.2) is 0 Å². The molecule has 16 heavy (non-hydrogen) atoms. The van der Waals surface area contributed by atoms with Gasteiger partial charge >= 0.3 is 0 Å². The first-order valence-corrected chi connectivity index (χ1v) is 5.30. The molecule has 0 atom stereocenters. The van der Waals surface area contributed by atoms with E-state index in [1.54, 1.807) is 0 Å². The number of benzene rings is 1. The molecule has 1 aromatic carbocycles. The molecule has 0 amide bonds. The summed E-state index contributed by atoms with van der Waals surface area (Å²) in [5.74, 6) is 1.78. The van der Waals surface area contributed by atoms with Crippen LogP contribution in [0.3, 0.4) is 0 Å². The Balaban J connectivity index is 2.04. The molecule has 0 bridgehead atoms. The SMILES string of the molecule is C=CCn1ncc2c1Oc1ccccc1C2. The Morgan fingerprint density at radius 3 is 3.12 bits per heavy atom. The second-order valence-corrected chi connectivity index (χ2v) is 3.83. The van der Waals surface area contributed by atoms with E-state index in [0.717, 1.165) is 23.6 Å². The van der Waals surface area contributed by atoms with Crippen LogP contribution in [0, 0.1) is 0 Å². The average molecular weight is 212 g/mol. The van der Waals surface area contributed by atoms with E-state index >= 15 is 0 Å². The first-order chi connectivity index (χ1) is 7.88. The fourth-order valence-corrected chi connectivity index (χ4v) is 1.96. The summed E-state index contributed by atoms with van der Waals surface area (Å²) in [5.41, 5.74) is 2.36. The molecule has 0 radical (unpaired) electrons. The molecule has 0 spiro atoms. The highest BCUT2D eigenvalue weighted by atomic mass is 16.5. The number of nitrogens with zero attached hydrogens (tertiary/aromatic N) is 2. The molecule has 0 unspecified atom stereocenters. The molecule has 0 fully saturated rings. The Hall–Kier alpha value is -2.03. The van der Waals surface area contributed by atoms with Crippen LogP contribution in [-0.4, -0.2) is 9.78 Å². The van der Waals surface area contributed by atoms with Gasteiger partial charge in [-0.1, -0.05) is 24.3 Å². The Bertz CT molecular complexity index is 543. The average Bonchev–Trinajstić information content (AvgIpc) is 2.70. The molecular formula is C13H12N2O. The van der Waals surface area contributed by atoms with Crippen LogP contribution in [-0.2, 0) is 13.0 Å². The zero-order chi connectivity index (χ0) is 11.0. The summed E-state index contributed by atoms with van der Waals surface area (Å²) in [5, 5.41) is 4.29. The van der Waals surface area contributed by atoms with Crippen molar-refractivity contribution < 1.29 is 4.74 Å². The van der Waals surface area contributed by atoms with E-state index < -0.39 is 0 Å². The van der Waals surface area contributed by atoms with Crippen LogP contribution in [0.5, 0.6) is 11.6 Å². The van der Waals surface area contributed by atoms with Crippen LogP contribution in [0.1, 0.15) is 11.1 Å². The predicted octanol–water partition coefficient (Wildman–Crippen LogP) is 2.77. The van der Waals surface area contributed by atoms with Crippen molar-refractivity contribution in [2.45, 2.75) is 13.0 Å². The summed E-state index contributed by atoms with van der Waals surface area (Å²) >= 11 is 0. The molecular weight excluding hydrogens is 200 g/mol. The molecule has 2 aromatic rings. The Labute approximate surface area is 94.0 Å². The number of hydrogen-bond acceptors (Lipinski definition) is 2. The third-order valence-electron chi connectivity index (χ3n) is 2.72. The fourth-order valence-electron chi connectivity index (χ4n) is 1.96. The largest absolute Gasteiger partial charge is 0.439 e. The monoisotopic (exact) mass is 212 g/mol. The maximum absolute atomic E-state index is 5.85. The molecule has 1 aliphatic rings. The van der Waals surface area contributed by atoms with E-state index in [2.05, 4.69) is 17.7 Å². The van der Waals surface area contributed by atoms with Gasteiger partial charge in [-0.25, -0.2) is 4.68 Å². The smallest absolute Gasteiger partial charge is 0.221 e. The minimum Gasteiger partial charge on any atom is -0.439 e. The van der Waals surface area contributed by atoms with Crippen LogP contribution < -0.4 is 4.74 Å². The van der Waals surface area contributed by atoms with Gasteiger partial charge in [0.05, 0.1) is 12.7 Å². The van der Waals surface area contributed by atoms with Gasteiger partial charge < -0.3 is 4.74 Å². The molecule has 1 aliphatic heterocycles. The minimum absolute atomic E-state index is 0.678. The van der Waals surface area contributed by atoms with Crippen molar-refractivity contribution in [1.29, 1.82) is 0 Å². The Kier molecular flexibility index (Phi) is 2.03. The normalized spacial score (nSPS) is 12.5. The lowest BCUT2D eigenvalue weighted by atomic mass is 10.0. The standard InChI is InChI=1S/C13H12N2O/c1-2-7-15-13-11(9-14-15)8-10-5-3-4-6-12(10)16-13/h2-6,9H,1,7-8H2. The first kappa shape index (κ1) is 9.21. The summed E-state index contributed by atoms with van der Waals surface area (Å²) in [6.45, 7) is 4.39. The molecule has 2 heterocycles. The number of para-hydroxylation sites is 1. The maximum atomic E-state index is 5.85. The number of ether oxygens (including phenoxy) is 1. The van der Waals surface area contributed by atoms with E-state index in [4.69, 9.17) is 4.74 Å². The van der Waals surface area contributed by atoms with Crippen molar-refractivity contribution in [2.75, 3.05) is 0 Å². The van der Waals surface area contributed by atoms with Crippen molar-refractivity contribution in [1.82, 2.24) is 9.78 Å². The number of rotatable bonds is 2. The molecule has 0 N–H and O–H groups in total. The lowest BCUT2D eigenvalue weighted by Crippen LogP contribution is -2.06. The van der Waals surface area contributed by atoms with E-state index in [9.17, 15) is 0 Å². The van der Waals surface area contributed by atoms with Crippen LogP contribution in [0.4, 0.5) is 0 Å². The minimum atomic E-state index is 0.678. The van der Waals surface area contributed by atoms with Gasteiger partial charge in [-0.3, -0.25) is 0 Å². The number of aromatic nitrogens is 2. The molecule has 3 heteroatoms. The lowest BCUT2D eigenvalue weighted by Gasteiger charge is -2.17. The molecule has 0 aliphatic carbocycles. The van der Waals surface area contributed by atoms with E-state index in [-0.39, 0.29) is 0 Å². The van der Waals surface area contributed by atoms with E-state index in [0.29, 0.717) is 6.54 Å². The number of allylic oxidation sites excluding steroid dienone is 1. The van der Waals surface area contributed by atoms with Crippen LogP contribution in [0.15, 0.2) is 43.1 Å². The summed E-state index contributed by atoms with van der Waals surface area (Å²) in [7, 11) is 0. The van der Waals surface area contributed by atoms with E-state index in [1.165, 1.54) is 5.56 Å². The van der Waals surface area contributed by atoms with Crippen LogP contribution in [0.25, 0.3) is 0 Å². The van der Waals surface area contributed by atoms with Crippen LogP contribution in [0.2, 0.25) is 0 Å². The second-order valence-electron chi connectivity index (χ2n) is 3.83. The molecule has 3 nitrogen and oxygen atoms in total. The Morgan fingerprint density at radius 1 is 1.38 bits per heavy atom. The fraction of sp³-hybridized carbons (Fsp3) is 0.154. The number of fused-ring (bicyclic) bond motifs is 2. The zero-order valence-corrected chi connectivity index (χ0v) is 8.89. The van der Waals surface area contributed by atoms with Crippen molar-refractivity contribution in [3.63, 3.8) is 0 Å². The molecule has 0 saturated carbocycles. The van der Waals surface area contributed by atoms with Crippen LogP contribution >= 0.6 is 0 Å². The molecule has 1 aromatic heterocycles. The number of hydrogen-bond donors (Lipinski definition) is 0. The third kappa shape index (κ3) is 1.33. The summed E-state index contributed by atoms with van der Waals surface area (Å²) < 4.78 is 7.69. The van der Waals surface area contributed by atoms with Gasteiger partial charge in [-0.2, -0.15) is 5.10 Å². The second kappa shape index (κ2) is 3.52. The van der Waals surface area contributed by atoms with Crippen molar-refractivity contribution in [3.05, 3.63) is 54.2 Å². The quantitative estimate of drug-likeness (QED) is 0.611. The van der Waals surface area contributed by atoms with E-state index in [1.807, 2.05) is 35.2 Å². The molecule has 3 rings (SSSR count). The summed E-state index contributed by atoms with van der Waals surface area (Å²) in [4.78, 5) is 0. The van der Waals surface area contributed by atoms with Gasteiger partial charge in [-0.15, -0.1) is 6.58 Å². The Morgan fingerprint density at radius 2 is 2.25 bits per heavy atom. The highest BCUT2D eigenvalue weighted by Crippen LogP contribution is 2.35.